The van der Waals surface area contributed by atoms with Crippen molar-refractivity contribution < 1.29 is 13.2 Å². The van der Waals surface area contributed by atoms with Gasteiger partial charge in [-0.2, -0.15) is 0 Å². The predicted octanol–water partition coefficient (Wildman–Crippen LogP) is 1.45. The maximum Gasteiger partial charge on any atom is 0.240 e. The van der Waals surface area contributed by atoms with Crippen molar-refractivity contribution in [2.45, 2.75) is 30.8 Å². The quantitative estimate of drug-likeness (QED) is 0.886. The van der Waals surface area contributed by atoms with Gasteiger partial charge in [-0.15, -0.1) is 0 Å². The molecule has 94 valence electrons. The van der Waals surface area contributed by atoms with E-state index in [1.807, 2.05) is 13.0 Å². The fourth-order valence-electron chi connectivity index (χ4n) is 1.87. The van der Waals surface area contributed by atoms with Gasteiger partial charge in [-0.05, 0) is 37.5 Å². The van der Waals surface area contributed by atoms with Crippen LogP contribution in [0, 0.1) is 6.92 Å². The van der Waals surface area contributed by atoms with Crippen molar-refractivity contribution in [2.75, 3.05) is 13.2 Å². The molecule has 1 N–H and O–H groups in total. The lowest BCUT2D eigenvalue weighted by Gasteiger charge is -2.11. The van der Waals surface area contributed by atoms with E-state index in [1.54, 1.807) is 18.2 Å². The van der Waals surface area contributed by atoms with Crippen LogP contribution in [0.3, 0.4) is 0 Å². The van der Waals surface area contributed by atoms with E-state index in [1.165, 1.54) is 0 Å². The van der Waals surface area contributed by atoms with E-state index < -0.39 is 10.0 Å². The van der Waals surface area contributed by atoms with Crippen molar-refractivity contribution >= 4 is 10.0 Å². The molecule has 2 rings (SSSR count). The lowest BCUT2D eigenvalue weighted by Crippen LogP contribution is -2.31. The molecule has 1 fully saturated rings. The van der Waals surface area contributed by atoms with Crippen molar-refractivity contribution in [2.24, 2.45) is 0 Å². The maximum absolute atomic E-state index is 12.0. The molecule has 0 aromatic heterocycles. The summed E-state index contributed by atoms with van der Waals surface area (Å²) in [5.74, 6) is 0. The molecule has 17 heavy (non-hydrogen) atoms. The van der Waals surface area contributed by atoms with Gasteiger partial charge in [-0.1, -0.05) is 12.1 Å². The van der Waals surface area contributed by atoms with E-state index >= 15 is 0 Å². The molecule has 1 aliphatic rings. The minimum atomic E-state index is -3.40. The Labute approximate surface area is 102 Å². The second kappa shape index (κ2) is 5.16. The van der Waals surface area contributed by atoms with Gasteiger partial charge in [0.1, 0.15) is 0 Å². The second-order valence-corrected chi connectivity index (χ2v) is 6.07. The van der Waals surface area contributed by atoms with Gasteiger partial charge < -0.3 is 4.74 Å². The number of aryl methyl sites for hydroxylation is 1. The van der Waals surface area contributed by atoms with Gasteiger partial charge in [0.25, 0.3) is 0 Å². The molecule has 1 saturated heterocycles. The summed E-state index contributed by atoms with van der Waals surface area (Å²) in [6, 6.07) is 6.89. The second-order valence-electron chi connectivity index (χ2n) is 4.30. The standard InChI is InChI=1S/C12H17NO3S/c1-10-4-2-6-12(8-10)17(14,15)13-9-11-5-3-7-16-11/h2,4,6,8,11,13H,3,5,7,9H2,1H3/t11-/m0/s1. The highest BCUT2D eigenvalue weighted by Crippen LogP contribution is 2.14. The van der Waals surface area contributed by atoms with Gasteiger partial charge in [0, 0.05) is 13.2 Å². The summed E-state index contributed by atoms with van der Waals surface area (Å²) >= 11 is 0. The fraction of sp³-hybridized carbons (Fsp3) is 0.500. The summed E-state index contributed by atoms with van der Waals surface area (Å²) in [5, 5.41) is 0. The molecule has 1 heterocycles. The Morgan fingerprint density at radius 2 is 2.29 bits per heavy atom. The monoisotopic (exact) mass is 255 g/mol. The Balaban J connectivity index is 2.03. The summed E-state index contributed by atoms with van der Waals surface area (Å²) < 4.78 is 31.9. The molecule has 1 aromatic rings. The van der Waals surface area contributed by atoms with Crippen LogP contribution in [0.2, 0.25) is 0 Å². The summed E-state index contributed by atoms with van der Waals surface area (Å²) in [5.41, 5.74) is 0.935. The van der Waals surface area contributed by atoms with Crippen LogP contribution >= 0.6 is 0 Å². The van der Waals surface area contributed by atoms with Crippen LogP contribution in [0.25, 0.3) is 0 Å². The normalized spacial score (nSPS) is 20.6. The lowest BCUT2D eigenvalue weighted by molar-refractivity contribution is 0.114. The highest BCUT2D eigenvalue weighted by atomic mass is 32.2. The van der Waals surface area contributed by atoms with Crippen LogP contribution in [-0.2, 0) is 14.8 Å². The first-order chi connectivity index (χ1) is 8.08. The third-order valence-corrected chi connectivity index (χ3v) is 4.25. The van der Waals surface area contributed by atoms with E-state index in [2.05, 4.69) is 4.72 Å². The SMILES string of the molecule is Cc1cccc(S(=O)(=O)NC[C@@H]2CCCO2)c1. The van der Waals surface area contributed by atoms with E-state index in [-0.39, 0.29) is 6.10 Å². The molecule has 1 atom stereocenters. The highest BCUT2D eigenvalue weighted by Gasteiger charge is 2.20. The largest absolute Gasteiger partial charge is 0.377 e. The Morgan fingerprint density at radius 1 is 1.47 bits per heavy atom. The van der Waals surface area contributed by atoms with Crippen LogP contribution in [0.4, 0.5) is 0 Å². The highest BCUT2D eigenvalue weighted by molar-refractivity contribution is 7.89. The van der Waals surface area contributed by atoms with E-state index in [0.717, 1.165) is 25.0 Å². The van der Waals surface area contributed by atoms with Crippen molar-refractivity contribution in [1.82, 2.24) is 4.72 Å². The molecule has 0 aliphatic carbocycles. The molecule has 0 saturated carbocycles. The summed E-state index contributed by atoms with van der Waals surface area (Å²) in [6.07, 6.45) is 1.96. The van der Waals surface area contributed by atoms with Crippen molar-refractivity contribution in [1.29, 1.82) is 0 Å². The Hall–Kier alpha value is -0.910. The Bertz CT molecular complexity index is 478. The van der Waals surface area contributed by atoms with Crippen molar-refractivity contribution in [3.05, 3.63) is 29.8 Å². The zero-order valence-electron chi connectivity index (χ0n) is 9.85. The first-order valence-electron chi connectivity index (χ1n) is 5.76. The zero-order valence-corrected chi connectivity index (χ0v) is 10.7. The summed E-state index contributed by atoms with van der Waals surface area (Å²) in [7, 11) is -3.40. The van der Waals surface area contributed by atoms with Crippen molar-refractivity contribution in [3.8, 4) is 0 Å². The first-order valence-corrected chi connectivity index (χ1v) is 7.24. The van der Waals surface area contributed by atoms with Crippen LogP contribution in [0.1, 0.15) is 18.4 Å². The molecular weight excluding hydrogens is 238 g/mol. The molecule has 0 spiro atoms. The Morgan fingerprint density at radius 3 is 2.94 bits per heavy atom. The minimum Gasteiger partial charge on any atom is -0.377 e. The minimum absolute atomic E-state index is 0.0228. The average Bonchev–Trinajstić information content (AvgIpc) is 2.79. The van der Waals surface area contributed by atoms with Gasteiger partial charge in [-0.25, -0.2) is 13.1 Å². The molecule has 5 heteroatoms. The molecule has 1 aliphatic heterocycles. The van der Waals surface area contributed by atoms with Crippen LogP contribution < -0.4 is 4.72 Å². The maximum atomic E-state index is 12.0. The van der Waals surface area contributed by atoms with Crippen molar-refractivity contribution in [3.63, 3.8) is 0 Å². The number of sulfonamides is 1. The van der Waals surface area contributed by atoms with E-state index in [0.29, 0.717) is 11.4 Å². The van der Waals surface area contributed by atoms with Crippen LogP contribution in [0.5, 0.6) is 0 Å². The number of hydrogen-bond donors (Lipinski definition) is 1. The van der Waals surface area contributed by atoms with Gasteiger partial charge in [0.15, 0.2) is 0 Å². The fourth-order valence-corrected chi connectivity index (χ4v) is 3.04. The smallest absolute Gasteiger partial charge is 0.240 e. The number of benzene rings is 1. The van der Waals surface area contributed by atoms with Crippen LogP contribution in [-0.4, -0.2) is 27.7 Å². The molecule has 0 unspecified atom stereocenters. The van der Waals surface area contributed by atoms with Gasteiger partial charge in [0.2, 0.25) is 10.0 Å². The third-order valence-electron chi connectivity index (χ3n) is 2.82. The molecule has 0 amide bonds. The summed E-state index contributed by atoms with van der Waals surface area (Å²) in [6.45, 7) is 2.96. The van der Waals surface area contributed by atoms with Gasteiger partial charge in [0.05, 0.1) is 11.0 Å². The average molecular weight is 255 g/mol. The topological polar surface area (TPSA) is 55.4 Å². The number of rotatable bonds is 4. The van der Waals surface area contributed by atoms with Gasteiger partial charge in [-0.3, -0.25) is 0 Å². The van der Waals surface area contributed by atoms with E-state index in [9.17, 15) is 8.42 Å². The first kappa shape index (κ1) is 12.5. The molecule has 0 radical (unpaired) electrons. The number of hydrogen-bond acceptors (Lipinski definition) is 3. The van der Waals surface area contributed by atoms with Gasteiger partial charge >= 0.3 is 0 Å². The third kappa shape index (κ3) is 3.28. The Kier molecular flexibility index (Phi) is 3.81. The summed E-state index contributed by atoms with van der Waals surface area (Å²) in [4.78, 5) is 0.315. The number of nitrogens with one attached hydrogen (secondary N) is 1. The predicted molar refractivity (Wildman–Crippen MR) is 65.3 cm³/mol. The molecule has 1 aromatic carbocycles. The molecule has 0 bridgehead atoms. The zero-order chi connectivity index (χ0) is 12.3. The van der Waals surface area contributed by atoms with E-state index in [4.69, 9.17) is 4.74 Å². The molecule has 4 nitrogen and oxygen atoms in total. The lowest BCUT2D eigenvalue weighted by atomic mass is 10.2. The number of ether oxygens (including phenoxy) is 1. The molecular formula is C12H17NO3S. The van der Waals surface area contributed by atoms with Crippen LogP contribution in [0.15, 0.2) is 29.2 Å².